The minimum Gasteiger partial charge on any atom is -0.356 e. The Kier molecular flexibility index (Phi) is 4.77. The maximum absolute atomic E-state index is 6.38. The Morgan fingerprint density at radius 3 is 2.24 bits per heavy atom. The highest BCUT2D eigenvalue weighted by Gasteiger charge is 2.40. The van der Waals surface area contributed by atoms with Crippen LogP contribution in [0.1, 0.15) is 29.8 Å². The first-order valence-electron chi connectivity index (χ1n) is 12.0. The normalized spacial score (nSPS) is 22.3. The number of aromatic amines is 1. The molecule has 5 heteroatoms. The highest BCUT2D eigenvalue weighted by molar-refractivity contribution is 5.93. The van der Waals surface area contributed by atoms with Gasteiger partial charge in [0.25, 0.3) is 0 Å². The van der Waals surface area contributed by atoms with Gasteiger partial charge < -0.3 is 15.6 Å². The second-order valence-electron chi connectivity index (χ2n) is 10.0. The average Bonchev–Trinajstić information content (AvgIpc) is 3.21. The standard InChI is InChI=1S/C28H31N5/c1-16-10-23(11-17(2)31-16)28-18(3)24-8-6-19(12-25(24)32-28)20-7-9-26(30-13-20)33-14-21-4-5-22(15-33)27(21)29/h6-13,21-22,27,32H,4-5,14-15,29H2,1-3H3/t21-,22+,27+. The Labute approximate surface area is 195 Å². The van der Waals surface area contributed by atoms with Gasteiger partial charge in [-0.3, -0.25) is 4.98 Å². The molecule has 4 heterocycles. The maximum Gasteiger partial charge on any atom is 0.128 e. The second-order valence-corrected chi connectivity index (χ2v) is 10.0. The van der Waals surface area contributed by atoms with Gasteiger partial charge in [0.2, 0.25) is 0 Å². The van der Waals surface area contributed by atoms with Gasteiger partial charge in [-0.15, -0.1) is 0 Å². The fourth-order valence-corrected chi connectivity index (χ4v) is 5.98. The van der Waals surface area contributed by atoms with Crippen molar-refractivity contribution >= 4 is 16.7 Å². The van der Waals surface area contributed by atoms with E-state index in [0.29, 0.717) is 17.9 Å². The molecule has 3 atom stereocenters. The van der Waals surface area contributed by atoms with Crippen molar-refractivity contribution in [1.82, 2.24) is 15.0 Å². The van der Waals surface area contributed by atoms with Crippen LogP contribution in [0.3, 0.4) is 0 Å². The molecule has 3 N–H and O–H groups in total. The fourth-order valence-electron chi connectivity index (χ4n) is 5.98. The number of fused-ring (bicyclic) bond motifs is 3. The molecule has 3 aromatic heterocycles. The number of piperidine rings is 1. The topological polar surface area (TPSA) is 70.8 Å². The minimum atomic E-state index is 0.376. The van der Waals surface area contributed by atoms with E-state index in [1.807, 2.05) is 20.0 Å². The monoisotopic (exact) mass is 437 g/mol. The number of nitrogens with two attached hydrogens (primary N) is 1. The lowest BCUT2D eigenvalue weighted by Gasteiger charge is -2.36. The summed E-state index contributed by atoms with van der Waals surface area (Å²) in [7, 11) is 0. The van der Waals surface area contributed by atoms with Crippen molar-refractivity contribution in [1.29, 1.82) is 0 Å². The van der Waals surface area contributed by atoms with Crippen LogP contribution in [-0.2, 0) is 0 Å². The summed E-state index contributed by atoms with van der Waals surface area (Å²) in [4.78, 5) is 15.4. The fraction of sp³-hybridized carbons (Fsp3) is 0.357. The highest BCUT2D eigenvalue weighted by Crippen LogP contribution is 2.37. The van der Waals surface area contributed by atoms with Crippen molar-refractivity contribution in [2.45, 2.75) is 39.7 Å². The number of hydrogen-bond donors (Lipinski definition) is 2. The number of rotatable bonds is 3. The van der Waals surface area contributed by atoms with Crippen molar-refractivity contribution in [3.8, 4) is 22.4 Å². The molecule has 2 aliphatic rings. The number of nitrogens with zero attached hydrogens (tertiary/aromatic N) is 3. The Balaban J connectivity index is 1.30. The van der Waals surface area contributed by atoms with Crippen LogP contribution in [0.5, 0.6) is 0 Å². The van der Waals surface area contributed by atoms with Gasteiger partial charge >= 0.3 is 0 Å². The van der Waals surface area contributed by atoms with Gasteiger partial charge in [0.1, 0.15) is 5.82 Å². The number of aryl methyl sites for hydroxylation is 3. The van der Waals surface area contributed by atoms with E-state index in [4.69, 9.17) is 10.7 Å². The Morgan fingerprint density at radius 1 is 0.879 bits per heavy atom. The van der Waals surface area contributed by atoms with Crippen LogP contribution >= 0.6 is 0 Å². The van der Waals surface area contributed by atoms with Gasteiger partial charge in [0.05, 0.1) is 0 Å². The highest BCUT2D eigenvalue weighted by atomic mass is 15.2. The Bertz CT molecular complexity index is 1300. The Hall–Kier alpha value is -3.18. The summed E-state index contributed by atoms with van der Waals surface area (Å²) in [5.74, 6) is 2.31. The molecule has 1 aromatic carbocycles. The van der Waals surface area contributed by atoms with Crippen molar-refractivity contribution < 1.29 is 0 Å². The van der Waals surface area contributed by atoms with Crippen LogP contribution in [0.15, 0.2) is 48.7 Å². The quantitative estimate of drug-likeness (QED) is 0.451. The first-order chi connectivity index (χ1) is 16.0. The van der Waals surface area contributed by atoms with Crippen LogP contribution in [0.25, 0.3) is 33.3 Å². The van der Waals surface area contributed by atoms with E-state index in [-0.39, 0.29) is 0 Å². The number of benzene rings is 1. The third-order valence-electron chi connectivity index (χ3n) is 7.74. The zero-order chi connectivity index (χ0) is 22.7. The summed E-state index contributed by atoms with van der Waals surface area (Å²) in [6.45, 7) is 8.36. The molecule has 6 rings (SSSR count). The lowest BCUT2D eigenvalue weighted by Crippen LogP contribution is -2.49. The SMILES string of the molecule is Cc1cc(-c2[nH]c3cc(-c4ccc(N5C[C@H]6CC[C@@H](C5)[C@H]6N)nc4)ccc3c2C)cc(C)n1. The molecular weight excluding hydrogens is 406 g/mol. The smallest absolute Gasteiger partial charge is 0.128 e. The predicted octanol–water partition coefficient (Wildman–Crippen LogP) is 5.39. The number of hydrogen-bond acceptors (Lipinski definition) is 4. The summed E-state index contributed by atoms with van der Waals surface area (Å²) >= 11 is 0. The molecule has 33 heavy (non-hydrogen) atoms. The number of aromatic nitrogens is 3. The second kappa shape index (κ2) is 7.70. The number of H-pyrrole nitrogens is 1. The molecule has 0 amide bonds. The number of anilines is 1. The minimum absolute atomic E-state index is 0.376. The molecule has 2 fully saturated rings. The van der Waals surface area contributed by atoms with Gasteiger partial charge in [-0.2, -0.15) is 0 Å². The molecule has 2 bridgehead atoms. The number of nitrogens with one attached hydrogen (secondary N) is 1. The van der Waals surface area contributed by atoms with Crippen molar-refractivity contribution in [3.05, 3.63) is 65.6 Å². The summed E-state index contributed by atoms with van der Waals surface area (Å²) in [5.41, 5.74) is 15.6. The molecule has 4 aromatic rings. The first kappa shape index (κ1) is 20.4. The third-order valence-corrected chi connectivity index (χ3v) is 7.74. The summed E-state index contributed by atoms with van der Waals surface area (Å²) in [5, 5.41) is 1.26. The predicted molar refractivity (Wildman–Crippen MR) is 135 cm³/mol. The van der Waals surface area contributed by atoms with E-state index in [1.54, 1.807) is 0 Å². The maximum atomic E-state index is 6.38. The lowest BCUT2D eigenvalue weighted by atomic mass is 9.93. The summed E-state index contributed by atoms with van der Waals surface area (Å²) in [6, 6.07) is 15.7. The molecule has 1 saturated carbocycles. The first-order valence-corrected chi connectivity index (χ1v) is 12.0. The van der Waals surface area contributed by atoms with Gasteiger partial charge in [0.15, 0.2) is 0 Å². The van der Waals surface area contributed by atoms with E-state index in [9.17, 15) is 0 Å². The van der Waals surface area contributed by atoms with E-state index < -0.39 is 0 Å². The Morgan fingerprint density at radius 2 is 1.58 bits per heavy atom. The van der Waals surface area contributed by atoms with Crippen molar-refractivity contribution in [3.63, 3.8) is 0 Å². The molecule has 0 radical (unpaired) electrons. The molecule has 1 aliphatic carbocycles. The molecule has 1 aliphatic heterocycles. The lowest BCUT2D eigenvalue weighted by molar-refractivity contribution is 0.355. The van der Waals surface area contributed by atoms with Crippen LogP contribution in [0.2, 0.25) is 0 Å². The van der Waals surface area contributed by atoms with Gasteiger partial charge in [-0.05, 0) is 86.9 Å². The zero-order valence-corrected chi connectivity index (χ0v) is 19.6. The van der Waals surface area contributed by atoms with Crippen LogP contribution in [0, 0.1) is 32.6 Å². The van der Waals surface area contributed by atoms with E-state index in [2.05, 4.69) is 64.3 Å². The molecule has 0 spiro atoms. The van der Waals surface area contributed by atoms with E-state index in [1.165, 1.54) is 40.6 Å². The van der Waals surface area contributed by atoms with Crippen molar-refractivity contribution in [2.75, 3.05) is 18.0 Å². The molecule has 1 saturated heterocycles. The van der Waals surface area contributed by atoms with Crippen LogP contribution < -0.4 is 10.6 Å². The van der Waals surface area contributed by atoms with Crippen LogP contribution in [-0.4, -0.2) is 34.1 Å². The van der Waals surface area contributed by atoms with E-state index >= 15 is 0 Å². The van der Waals surface area contributed by atoms with Crippen molar-refractivity contribution in [2.24, 2.45) is 17.6 Å². The molecule has 0 unspecified atom stereocenters. The van der Waals surface area contributed by atoms with E-state index in [0.717, 1.165) is 41.4 Å². The largest absolute Gasteiger partial charge is 0.356 e. The van der Waals surface area contributed by atoms with Gasteiger partial charge in [-0.25, -0.2) is 4.98 Å². The zero-order valence-electron chi connectivity index (χ0n) is 19.6. The summed E-state index contributed by atoms with van der Waals surface area (Å²) < 4.78 is 0. The number of pyridine rings is 2. The van der Waals surface area contributed by atoms with Gasteiger partial charge in [0, 0.05) is 64.4 Å². The molecule has 5 nitrogen and oxygen atoms in total. The molecular formula is C28H31N5. The van der Waals surface area contributed by atoms with Crippen LogP contribution in [0.4, 0.5) is 5.82 Å². The van der Waals surface area contributed by atoms with Gasteiger partial charge in [-0.1, -0.05) is 12.1 Å². The molecule has 168 valence electrons. The third kappa shape index (κ3) is 3.51. The summed E-state index contributed by atoms with van der Waals surface area (Å²) in [6.07, 6.45) is 4.53. The average molecular weight is 438 g/mol.